The van der Waals surface area contributed by atoms with Gasteiger partial charge in [0.15, 0.2) is 5.78 Å². The van der Waals surface area contributed by atoms with Gasteiger partial charge in [-0.3, -0.25) is 9.69 Å². The third-order valence-electron chi connectivity index (χ3n) is 3.89. The van der Waals surface area contributed by atoms with E-state index in [4.69, 9.17) is 0 Å². The van der Waals surface area contributed by atoms with Crippen LogP contribution < -0.4 is 0 Å². The summed E-state index contributed by atoms with van der Waals surface area (Å²) in [6, 6.07) is 14.7. The number of halogens is 1. The van der Waals surface area contributed by atoms with Gasteiger partial charge in [-0.2, -0.15) is 0 Å². The fourth-order valence-corrected chi connectivity index (χ4v) is 2.75. The van der Waals surface area contributed by atoms with Crippen LogP contribution in [-0.2, 0) is 6.54 Å². The van der Waals surface area contributed by atoms with Gasteiger partial charge in [-0.15, -0.1) is 0 Å². The van der Waals surface area contributed by atoms with Crippen molar-refractivity contribution >= 4 is 5.78 Å². The molecule has 0 bridgehead atoms. The number of nitrogens with zero attached hydrogens (tertiary/aromatic N) is 1. The Labute approximate surface area is 117 Å². The maximum Gasteiger partial charge on any atom is 0.177 e. The summed E-state index contributed by atoms with van der Waals surface area (Å²) in [7, 11) is 0. The zero-order chi connectivity index (χ0) is 14.1. The first-order valence-corrected chi connectivity index (χ1v) is 6.76. The molecule has 1 aliphatic heterocycles. The second kappa shape index (κ2) is 5.17. The van der Waals surface area contributed by atoms with Crippen LogP contribution in [0.2, 0.25) is 0 Å². The molecule has 0 amide bonds. The maximum atomic E-state index is 13.3. The number of fused-ring (bicyclic) bond motifs is 1. The van der Waals surface area contributed by atoms with E-state index in [1.807, 2.05) is 18.2 Å². The van der Waals surface area contributed by atoms with Crippen molar-refractivity contribution in [1.29, 1.82) is 0 Å². The van der Waals surface area contributed by atoms with Crippen LogP contribution in [-0.4, -0.2) is 17.2 Å². The number of ketones is 1. The molecule has 0 spiro atoms. The van der Waals surface area contributed by atoms with Gasteiger partial charge in [0.1, 0.15) is 5.82 Å². The van der Waals surface area contributed by atoms with Crippen molar-refractivity contribution in [1.82, 2.24) is 4.90 Å². The van der Waals surface area contributed by atoms with E-state index in [1.165, 1.54) is 17.7 Å². The molecule has 0 aromatic heterocycles. The molecule has 2 aromatic carbocycles. The van der Waals surface area contributed by atoms with Crippen LogP contribution in [0.25, 0.3) is 0 Å². The van der Waals surface area contributed by atoms with E-state index >= 15 is 0 Å². The predicted molar refractivity (Wildman–Crippen MR) is 76.0 cm³/mol. The zero-order valence-corrected chi connectivity index (χ0v) is 11.3. The normalized spacial score (nSPS) is 18.9. The maximum absolute atomic E-state index is 13.3. The first kappa shape index (κ1) is 13.0. The molecule has 3 rings (SSSR count). The largest absolute Gasteiger partial charge is 0.293 e. The Morgan fingerprint density at radius 1 is 1.20 bits per heavy atom. The molecule has 1 heterocycles. The number of Topliss-reactive ketones (excluding diaryl/α,β-unsaturated/α-hetero) is 1. The molecule has 20 heavy (non-hydrogen) atoms. The number of hydrogen-bond donors (Lipinski definition) is 0. The number of carbonyl (C=O) groups excluding carboxylic acids is 1. The molecule has 0 radical (unpaired) electrons. The van der Waals surface area contributed by atoms with Crippen molar-refractivity contribution < 1.29 is 9.18 Å². The lowest BCUT2D eigenvalue weighted by Crippen LogP contribution is -2.37. The Morgan fingerprint density at radius 2 is 1.95 bits per heavy atom. The highest BCUT2D eigenvalue weighted by Gasteiger charge is 2.29. The Morgan fingerprint density at radius 3 is 2.70 bits per heavy atom. The van der Waals surface area contributed by atoms with E-state index in [0.717, 1.165) is 12.1 Å². The number of hydrogen-bond acceptors (Lipinski definition) is 2. The molecule has 0 aliphatic carbocycles. The minimum atomic E-state index is -0.346. The van der Waals surface area contributed by atoms with Crippen molar-refractivity contribution in [3.63, 3.8) is 0 Å². The van der Waals surface area contributed by atoms with Crippen LogP contribution >= 0.6 is 0 Å². The van der Waals surface area contributed by atoms with Gasteiger partial charge in [-0.1, -0.05) is 36.4 Å². The SMILES string of the molecule is CC1c2ccc(F)cc2C(=O)CN1Cc1ccccc1. The molecule has 3 heteroatoms. The van der Waals surface area contributed by atoms with Gasteiger partial charge >= 0.3 is 0 Å². The summed E-state index contributed by atoms with van der Waals surface area (Å²) in [5, 5.41) is 0. The Balaban J connectivity index is 1.90. The lowest BCUT2D eigenvalue weighted by atomic mass is 9.92. The van der Waals surface area contributed by atoms with Crippen molar-refractivity contribution in [2.45, 2.75) is 19.5 Å². The molecule has 102 valence electrons. The van der Waals surface area contributed by atoms with Crippen LogP contribution in [0.15, 0.2) is 48.5 Å². The first-order chi connectivity index (χ1) is 9.65. The minimum Gasteiger partial charge on any atom is -0.293 e. The highest BCUT2D eigenvalue weighted by atomic mass is 19.1. The molecular weight excluding hydrogens is 253 g/mol. The fraction of sp³-hybridized carbons (Fsp3) is 0.235. The summed E-state index contributed by atoms with van der Waals surface area (Å²) in [5.41, 5.74) is 2.62. The molecule has 0 saturated carbocycles. The average molecular weight is 269 g/mol. The van der Waals surface area contributed by atoms with Crippen LogP contribution in [0.4, 0.5) is 4.39 Å². The van der Waals surface area contributed by atoms with Crippen molar-refractivity contribution in [3.05, 3.63) is 71.0 Å². The van der Waals surface area contributed by atoms with E-state index in [1.54, 1.807) is 6.07 Å². The van der Waals surface area contributed by atoms with Crippen LogP contribution in [0.3, 0.4) is 0 Å². The van der Waals surface area contributed by atoms with Gasteiger partial charge in [0.25, 0.3) is 0 Å². The molecule has 2 aromatic rings. The Kier molecular flexibility index (Phi) is 3.36. The highest BCUT2D eigenvalue weighted by Crippen LogP contribution is 2.30. The van der Waals surface area contributed by atoms with E-state index in [0.29, 0.717) is 12.1 Å². The standard InChI is InChI=1S/C17H16FNO/c1-12-15-8-7-14(18)9-16(15)17(20)11-19(12)10-13-5-3-2-4-6-13/h2-9,12H,10-11H2,1H3. The van der Waals surface area contributed by atoms with Gasteiger partial charge in [0.2, 0.25) is 0 Å². The number of carbonyl (C=O) groups is 1. The monoisotopic (exact) mass is 269 g/mol. The zero-order valence-electron chi connectivity index (χ0n) is 11.3. The van der Waals surface area contributed by atoms with Crippen molar-refractivity contribution in [3.8, 4) is 0 Å². The van der Waals surface area contributed by atoms with Gasteiger partial charge < -0.3 is 0 Å². The summed E-state index contributed by atoms with van der Waals surface area (Å²) in [6.45, 7) is 3.13. The second-order valence-corrected chi connectivity index (χ2v) is 5.22. The molecule has 0 N–H and O–H groups in total. The average Bonchev–Trinajstić information content (AvgIpc) is 2.45. The molecule has 1 unspecified atom stereocenters. The smallest absolute Gasteiger partial charge is 0.177 e. The quantitative estimate of drug-likeness (QED) is 0.830. The molecular formula is C17H16FNO. The van der Waals surface area contributed by atoms with Gasteiger partial charge in [-0.25, -0.2) is 4.39 Å². The molecule has 2 nitrogen and oxygen atoms in total. The minimum absolute atomic E-state index is 0.00599. The summed E-state index contributed by atoms with van der Waals surface area (Å²) >= 11 is 0. The van der Waals surface area contributed by atoms with E-state index in [9.17, 15) is 9.18 Å². The fourth-order valence-electron chi connectivity index (χ4n) is 2.75. The molecule has 0 fully saturated rings. The third kappa shape index (κ3) is 2.37. The Hall–Kier alpha value is -2.00. The topological polar surface area (TPSA) is 20.3 Å². The summed E-state index contributed by atoms with van der Waals surface area (Å²) < 4.78 is 13.3. The van der Waals surface area contributed by atoms with Gasteiger partial charge in [0.05, 0.1) is 6.54 Å². The lowest BCUT2D eigenvalue weighted by Gasteiger charge is -2.34. The number of rotatable bonds is 2. The summed E-state index contributed by atoms with van der Waals surface area (Å²) in [5.74, 6) is -0.352. The van der Waals surface area contributed by atoms with Gasteiger partial charge in [-0.05, 0) is 30.2 Å². The molecule has 0 saturated heterocycles. The van der Waals surface area contributed by atoms with E-state index in [-0.39, 0.29) is 17.6 Å². The highest BCUT2D eigenvalue weighted by molar-refractivity contribution is 6.00. The first-order valence-electron chi connectivity index (χ1n) is 6.76. The van der Waals surface area contributed by atoms with Crippen LogP contribution in [0, 0.1) is 5.82 Å². The van der Waals surface area contributed by atoms with E-state index in [2.05, 4.69) is 24.0 Å². The number of benzene rings is 2. The Bertz CT molecular complexity index is 639. The summed E-state index contributed by atoms with van der Waals surface area (Å²) in [4.78, 5) is 14.3. The van der Waals surface area contributed by atoms with Crippen LogP contribution in [0.1, 0.15) is 34.5 Å². The van der Waals surface area contributed by atoms with Crippen molar-refractivity contribution in [2.75, 3.05) is 6.54 Å². The van der Waals surface area contributed by atoms with Crippen LogP contribution in [0.5, 0.6) is 0 Å². The van der Waals surface area contributed by atoms with E-state index < -0.39 is 0 Å². The molecule has 1 aliphatic rings. The second-order valence-electron chi connectivity index (χ2n) is 5.22. The summed E-state index contributed by atoms with van der Waals surface area (Å²) in [6.07, 6.45) is 0. The van der Waals surface area contributed by atoms with Crippen molar-refractivity contribution in [2.24, 2.45) is 0 Å². The molecule has 1 atom stereocenters. The third-order valence-corrected chi connectivity index (χ3v) is 3.89. The predicted octanol–water partition coefficient (Wildman–Crippen LogP) is 3.59. The van der Waals surface area contributed by atoms with Gasteiger partial charge in [0, 0.05) is 18.2 Å². The lowest BCUT2D eigenvalue weighted by molar-refractivity contribution is 0.0850.